The van der Waals surface area contributed by atoms with E-state index in [1.807, 2.05) is 60.4 Å². The minimum Gasteiger partial charge on any atom is -0.338 e. The van der Waals surface area contributed by atoms with Crippen LogP contribution >= 0.6 is 0 Å². The van der Waals surface area contributed by atoms with Crippen LogP contribution in [0.4, 0.5) is 0 Å². The summed E-state index contributed by atoms with van der Waals surface area (Å²) in [5, 5.41) is 0.481. The van der Waals surface area contributed by atoms with Gasteiger partial charge in [-0.1, -0.05) is 66.2 Å². The van der Waals surface area contributed by atoms with E-state index in [9.17, 15) is 14.4 Å². The first-order chi connectivity index (χ1) is 16.5. The van der Waals surface area contributed by atoms with Gasteiger partial charge in [-0.3, -0.25) is 18.7 Å². The highest BCUT2D eigenvalue weighted by Crippen LogP contribution is 2.19. The summed E-state index contributed by atoms with van der Waals surface area (Å²) in [5.74, 6) is -0.0424. The van der Waals surface area contributed by atoms with Gasteiger partial charge in [-0.25, -0.2) is 4.79 Å². The van der Waals surface area contributed by atoms with Crippen LogP contribution in [0.2, 0.25) is 0 Å². The molecule has 3 aromatic carbocycles. The molecule has 172 valence electrons. The van der Waals surface area contributed by atoms with Gasteiger partial charge >= 0.3 is 5.69 Å². The van der Waals surface area contributed by atoms with Crippen molar-refractivity contribution < 1.29 is 4.79 Å². The van der Waals surface area contributed by atoms with E-state index in [-0.39, 0.29) is 30.1 Å². The van der Waals surface area contributed by atoms with Gasteiger partial charge in [0.05, 0.1) is 17.4 Å². The Bertz CT molecular complexity index is 1500. The highest BCUT2D eigenvalue weighted by atomic mass is 16.2. The van der Waals surface area contributed by atoms with Crippen LogP contribution in [0.15, 0.2) is 82.4 Å². The quantitative estimate of drug-likeness (QED) is 0.465. The first kappa shape index (κ1) is 21.9. The number of para-hydroxylation sites is 1. The molecule has 34 heavy (non-hydrogen) atoms. The van der Waals surface area contributed by atoms with E-state index < -0.39 is 0 Å². The molecule has 2 heterocycles. The molecule has 0 N–H and O–H groups in total. The normalized spacial score (nSPS) is 13.1. The van der Waals surface area contributed by atoms with Crippen LogP contribution in [0.25, 0.3) is 10.9 Å². The van der Waals surface area contributed by atoms with E-state index in [1.54, 1.807) is 22.8 Å². The lowest BCUT2D eigenvalue weighted by molar-refractivity contribution is -0.132. The fourth-order valence-electron chi connectivity index (χ4n) is 4.79. The average molecular weight is 454 g/mol. The van der Waals surface area contributed by atoms with Crippen molar-refractivity contribution in [3.8, 4) is 0 Å². The van der Waals surface area contributed by atoms with Crippen molar-refractivity contribution in [3.63, 3.8) is 0 Å². The Balaban J connectivity index is 1.44. The van der Waals surface area contributed by atoms with Crippen LogP contribution in [0, 0.1) is 6.92 Å². The zero-order chi connectivity index (χ0) is 23.7. The van der Waals surface area contributed by atoms with Crippen LogP contribution < -0.4 is 11.2 Å². The molecule has 4 aromatic rings. The van der Waals surface area contributed by atoms with Gasteiger partial charge in [-0.15, -0.1) is 0 Å². The summed E-state index contributed by atoms with van der Waals surface area (Å²) in [6.45, 7) is 3.65. The number of hydrogen-bond donors (Lipinski definition) is 0. The first-order valence-corrected chi connectivity index (χ1v) is 11.6. The fraction of sp³-hybridized carbons (Fsp3) is 0.250. The molecule has 0 unspecified atom stereocenters. The van der Waals surface area contributed by atoms with E-state index in [0.29, 0.717) is 30.5 Å². The van der Waals surface area contributed by atoms with Gasteiger partial charge in [0.2, 0.25) is 5.91 Å². The van der Waals surface area contributed by atoms with Crippen molar-refractivity contribution in [1.82, 2.24) is 14.0 Å². The Morgan fingerprint density at radius 2 is 1.65 bits per heavy atom. The molecule has 0 atom stereocenters. The molecule has 1 aliphatic rings. The highest BCUT2D eigenvalue weighted by Gasteiger charge is 2.21. The summed E-state index contributed by atoms with van der Waals surface area (Å²) >= 11 is 0. The van der Waals surface area contributed by atoms with E-state index in [1.165, 1.54) is 10.1 Å². The summed E-state index contributed by atoms with van der Waals surface area (Å²) < 4.78 is 2.85. The Morgan fingerprint density at radius 1 is 0.882 bits per heavy atom. The molecular weight excluding hydrogens is 426 g/mol. The molecular formula is C28H27N3O3. The molecule has 1 aromatic heterocycles. The number of aromatic nitrogens is 2. The summed E-state index contributed by atoms with van der Waals surface area (Å²) in [4.78, 5) is 41.4. The van der Waals surface area contributed by atoms with E-state index in [2.05, 4.69) is 6.07 Å². The molecule has 0 saturated heterocycles. The smallest absolute Gasteiger partial charge is 0.331 e. The minimum atomic E-state index is -0.387. The fourth-order valence-corrected chi connectivity index (χ4v) is 4.79. The van der Waals surface area contributed by atoms with Crippen LogP contribution in [-0.4, -0.2) is 26.5 Å². The molecule has 1 aliphatic heterocycles. The predicted molar refractivity (Wildman–Crippen MR) is 133 cm³/mol. The molecule has 6 nitrogen and oxygen atoms in total. The Kier molecular flexibility index (Phi) is 5.88. The molecule has 0 fully saturated rings. The van der Waals surface area contributed by atoms with Crippen molar-refractivity contribution in [3.05, 3.63) is 116 Å². The number of amides is 1. The first-order valence-electron chi connectivity index (χ1n) is 11.6. The number of carbonyl (C=O) groups is 1. The van der Waals surface area contributed by atoms with Gasteiger partial charge in [-0.2, -0.15) is 0 Å². The summed E-state index contributed by atoms with van der Waals surface area (Å²) in [6, 6.07) is 23.3. The van der Waals surface area contributed by atoms with Gasteiger partial charge in [0.1, 0.15) is 0 Å². The van der Waals surface area contributed by atoms with E-state index in [0.717, 1.165) is 23.1 Å². The van der Waals surface area contributed by atoms with Crippen molar-refractivity contribution in [1.29, 1.82) is 0 Å². The molecule has 5 rings (SSSR count). The number of aryl methyl sites for hydroxylation is 1. The van der Waals surface area contributed by atoms with Crippen molar-refractivity contribution in [2.45, 2.75) is 39.4 Å². The third kappa shape index (κ3) is 4.19. The van der Waals surface area contributed by atoms with Gasteiger partial charge in [-0.05, 0) is 42.2 Å². The molecule has 0 saturated carbocycles. The number of hydrogen-bond acceptors (Lipinski definition) is 3. The lowest BCUT2D eigenvalue weighted by atomic mass is 10.00. The summed E-state index contributed by atoms with van der Waals surface area (Å²) in [6.07, 6.45) is 0.932. The monoisotopic (exact) mass is 453 g/mol. The minimum absolute atomic E-state index is 0.0424. The van der Waals surface area contributed by atoms with Crippen LogP contribution in [0.3, 0.4) is 0 Å². The molecule has 1 amide bonds. The van der Waals surface area contributed by atoms with Gasteiger partial charge in [0, 0.05) is 26.1 Å². The van der Waals surface area contributed by atoms with Gasteiger partial charge in [0.25, 0.3) is 5.56 Å². The largest absolute Gasteiger partial charge is 0.338 e. The van der Waals surface area contributed by atoms with Gasteiger partial charge < -0.3 is 4.90 Å². The number of rotatable bonds is 5. The zero-order valence-electron chi connectivity index (χ0n) is 19.2. The summed E-state index contributed by atoms with van der Waals surface area (Å²) in [7, 11) is 0. The maximum Gasteiger partial charge on any atom is 0.331 e. The lowest BCUT2D eigenvalue weighted by Crippen LogP contribution is -2.42. The van der Waals surface area contributed by atoms with Crippen molar-refractivity contribution in [2.75, 3.05) is 6.54 Å². The molecule has 0 bridgehead atoms. The third-order valence-corrected chi connectivity index (χ3v) is 6.59. The Morgan fingerprint density at radius 3 is 2.47 bits per heavy atom. The maximum atomic E-state index is 13.4. The second-order valence-corrected chi connectivity index (χ2v) is 8.92. The molecule has 0 spiro atoms. The molecule has 0 aliphatic carbocycles. The number of carbonyl (C=O) groups excluding carboxylic acids is 1. The molecule has 0 radical (unpaired) electrons. The Hall–Kier alpha value is -3.93. The lowest BCUT2D eigenvalue weighted by Gasteiger charge is -2.29. The summed E-state index contributed by atoms with van der Waals surface area (Å²) in [5.41, 5.74) is 4.40. The second kappa shape index (κ2) is 9.14. The standard InChI is InChI=1S/C28H27N3O3/c1-20-7-6-8-21(17-20)18-31-25-12-5-4-11-24(25)27(33)30(28(31)34)16-14-26(32)29-15-13-22-9-2-3-10-23(22)19-29/h2-12,17H,13-16,18-19H2,1H3. The van der Waals surface area contributed by atoms with Crippen LogP contribution in [0.5, 0.6) is 0 Å². The van der Waals surface area contributed by atoms with Crippen molar-refractivity contribution >= 4 is 16.8 Å². The third-order valence-electron chi connectivity index (χ3n) is 6.59. The average Bonchev–Trinajstić information content (AvgIpc) is 2.86. The second-order valence-electron chi connectivity index (χ2n) is 8.92. The maximum absolute atomic E-state index is 13.4. The molecule has 6 heteroatoms. The highest BCUT2D eigenvalue weighted by molar-refractivity contribution is 5.78. The number of benzene rings is 3. The van der Waals surface area contributed by atoms with E-state index in [4.69, 9.17) is 0 Å². The zero-order valence-corrected chi connectivity index (χ0v) is 19.2. The van der Waals surface area contributed by atoms with Crippen LogP contribution in [-0.2, 0) is 30.8 Å². The SMILES string of the molecule is Cc1cccc(Cn2c(=O)n(CCC(=O)N3CCc4ccccc4C3)c(=O)c3ccccc32)c1. The van der Waals surface area contributed by atoms with E-state index >= 15 is 0 Å². The number of nitrogens with zero attached hydrogens (tertiary/aromatic N) is 3. The number of fused-ring (bicyclic) bond motifs is 2. The van der Waals surface area contributed by atoms with Crippen molar-refractivity contribution in [2.24, 2.45) is 0 Å². The predicted octanol–water partition coefficient (Wildman–Crippen LogP) is 3.49. The Labute approximate surface area is 197 Å². The van der Waals surface area contributed by atoms with Crippen LogP contribution in [0.1, 0.15) is 28.7 Å². The topological polar surface area (TPSA) is 64.3 Å². The van der Waals surface area contributed by atoms with Gasteiger partial charge in [0.15, 0.2) is 0 Å².